The Labute approximate surface area is 147 Å². The Morgan fingerprint density at radius 1 is 0.875 bits per heavy atom. The molecule has 0 atom stereocenters. The SMILES string of the molecule is CCC(=O)N1CCC(CN2CCC(N3CCN(C)CC3)CC2)CC1. The molecule has 5 heteroatoms. The lowest BCUT2D eigenvalue weighted by Crippen LogP contribution is -2.52. The van der Waals surface area contributed by atoms with Gasteiger partial charge in [-0.2, -0.15) is 0 Å². The Hall–Kier alpha value is -0.650. The zero-order valence-corrected chi connectivity index (χ0v) is 15.8. The minimum absolute atomic E-state index is 0.335. The molecule has 0 N–H and O–H groups in total. The summed E-state index contributed by atoms with van der Waals surface area (Å²) in [5.41, 5.74) is 0. The molecule has 0 saturated carbocycles. The van der Waals surface area contributed by atoms with Crippen LogP contribution < -0.4 is 0 Å². The first-order chi connectivity index (χ1) is 11.7. The molecule has 0 unspecified atom stereocenters. The smallest absolute Gasteiger partial charge is 0.222 e. The van der Waals surface area contributed by atoms with Crippen LogP contribution >= 0.6 is 0 Å². The highest BCUT2D eigenvalue weighted by Crippen LogP contribution is 2.23. The van der Waals surface area contributed by atoms with Crippen molar-refractivity contribution >= 4 is 5.91 Å². The number of piperazine rings is 1. The normalized spacial score (nSPS) is 26.8. The van der Waals surface area contributed by atoms with Gasteiger partial charge in [0.2, 0.25) is 5.91 Å². The second-order valence-corrected chi connectivity index (χ2v) is 8.05. The molecule has 24 heavy (non-hydrogen) atoms. The van der Waals surface area contributed by atoms with Crippen molar-refractivity contribution in [2.45, 2.75) is 45.1 Å². The molecule has 0 spiro atoms. The Kier molecular flexibility index (Phi) is 6.53. The third-order valence-corrected chi connectivity index (χ3v) is 6.40. The van der Waals surface area contributed by atoms with Crippen molar-refractivity contribution in [3.8, 4) is 0 Å². The van der Waals surface area contributed by atoms with E-state index in [0.717, 1.165) is 25.0 Å². The van der Waals surface area contributed by atoms with Gasteiger partial charge in [0.25, 0.3) is 0 Å². The monoisotopic (exact) mass is 336 g/mol. The maximum atomic E-state index is 11.8. The predicted molar refractivity (Wildman–Crippen MR) is 98.1 cm³/mol. The number of hydrogen-bond acceptors (Lipinski definition) is 4. The van der Waals surface area contributed by atoms with E-state index in [1.54, 1.807) is 0 Å². The summed E-state index contributed by atoms with van der Waals surface area (Å²) in [6.07, 6.45) is 5.74. The van der Waals surface area contributed by atoms with Gasteiger partial charge in [-0.05, 0) is 51.7 Å². The van der Waals surface area contributed by atoms with Crippen LogP contribution in [0.2, 0.25) is 0 Å². The Balaban J connectivity index is 1.35. The van der Waals surface area contributed by atoms with E-state index in [4.69, 9.17) is 0 Å². The number of nitrogens with zero attached hydrogens (tertiary/aromatic N) is 4. The van der Waals surface area contributed by atoms with E-state index in [-0.39, 0.29) is 0 Å². The number of piperidine rings is 2. The Bertz CT molecular complexity index is 392. The van der Waals surface area contributed by atoms with Gasteiger partial charge in [0, 0.05) is 58.3 Å². The summed E-state index contributed by atoms with van der Waals surface area (Å²) in [7, 11) is 2.24. The van der Waals surface area contributed by atoms with Crippen LogP contribution in [0, 0.1) is 5.92 Å². The fourth-order valence-corrected chi connectivity index (χ4v) is 4.61. The summed E-state index contributed by atoms with van der Waals surface area (Å²) in [6.45, 7) is 12.7. The van der Waals surface area contributed by atoms with Gasteiger partial charge in [0.05, 0.1) is 0 Å². The summed E-state index contributed by atoms with van der Waals surface area (Å²) < 4.78 is 0. The molecular weight excluding hydrogens is 300 g/mol. The molecular formula is C19H36N4O. The first-order valence-electron chi connectivity index (χ1n) is 10.1. The predicted octanol–water partition coefficient (Wildman–Crippen LogP) is 1.35. The number of likely N-dealkylation sites (tertiary alicyclic amines) is 2. The molecule has 0 bridgehead atoms. The fraction of sp³-hybridized carbons (Fsp3) is 0.947. The van der Waals surface area contributed by atoms with E-state index < -0.39 is 0 Å². The Morgan fingerprint density at radius 2 is 1.50 bits per heavy atom. The molecule has 0 aromatic rings. The summed E-state index contributed by atoms with van der Waals surface area (Å²) in [4.78, 5) is 21.7. The minimum Gasteiger partial charge on any atom is -0.343 e. The fourth-order valence-electron chi connectivity index (χ4n) is 4.61. The summed E-state index contributed by atoms with van der Waals surface area (Å²) >= 11 is 0. The number of carbonyl (C=O) groups excluding carboxylic acids is 1. The number of carbonyl (C=O) groups is 1. The molecule has 0 aromatic heterocycles. The van der Waals surface area contributed by atoms with Crippen LogP contribution in [0.3, 0.4) is 0 Å². The number of amides is 1. The van der Waals surface area contributed by atoms with Crippen molar-refractivity contribution < 1.29 is 4.79 Å². The van der Waals surface area contributed by atoms with Crippen molar-refractivity contribution in [2.75, 3.05) is 66.0 Å². The molecule has 1 amide bonds. The van der Waals surface area contributed by atoms with Crippen LogP contribution in [0.5, 0.6) is 0 Å². The molecule has 0 radical (unpaired) electrons. The highest BCUT2D eigenvalue weighted by atomic mass is 16.2. The van der Waals surface area contributed by atoms with Gasteiger partial charge >= 0.3 is 0 Å². The number of likely N-dealkylation sites (N-methyl/N-ethyl adjacent to an activating group) is 1. The zero-order valence-electron chi connectivity index (χ0n) is 15.8. The van der Waals surface area contributed by atoms with Gasteiger partial charge in [-0.1, -0.05) is 6.92 Å². The molecule has 3 rings (SSSR count). The second kappa shape index (κ2) is 8.63. The maximum Gasteiger partial charge on any atom is 0.222 e. The topological polar surface area (TPSA) is 30.0 Å². The zero-order chi connectivity index (χ0) is 16.9. The maximum absolute atomic E-state index is 11.8. The van der Waals surface area contributed by atoms with E-state index in [9.17, 15) is 4.79 Å². The van der Waals surface area contributed by atoms with Crippen LogP contribution in [-0.4, -0.2) is 97.5 Å². The quantitative estimate of drug-likeness (QED) is 0.775. The summed E-state index contributed by atoms with van der Waals surface area (Å²) in [6, 6.07) is 0.818. The van der Waals surface area contributed by atoms with Crippen LogP contribution in [0.4, 0.5) is 0 Å². The largest absolute Gasteiger partial charge is 0.343 e. The van der Waals surface area contributed by atoms with E-state index in [1.807, 2.05) is 6.92 Å². The van der Waals surface area contributed by atoms with Crippen LogP contribution in [0.25, 0.3) is 0 Å². The van der Waals surface area contributed by atoms with Crippen molar-refractivity contribution in [2.24, 2.45) is 5.92 Å². The van der Waals surface area contributed by atoms with Gasteiger partial charge in [0.15, 0.2) is 0 Å². The molecule has 5 nitrogen and oxygen atoms in total. The van der Waals surface area contributed by atoms with E-state index in [0.29, 0.717) is 12.3 Å². The molecule has 3 aliphatic rings. The van der Waals surface area contributed by atoms with Crippen LogP contribution in [0.15, 0.2) is 0 Å². The summed E-state index contributed by atoms with van der Waals surface area (Å²) in [5.74, 6) is 1.13. The average molecular weight is 337 g/mol. The molecule has 3 heterocycles. The average Bonchev–Trinajstić information content (AvgIpc) is 2.63. The number of hydrogen-bond donors (Lipinski definition) is 0. The van der Waals surface area contributed by atoms with Crippen molar-refractivity contribution in [3.63, 3.8) is 0 Å². The molecule has 0 aliphatic carbocycles. The second-order valence-electron chi connectivity index (χ2n) is 8.05. The highest BCUT2D eigenvalue weighted by Gasteiger charge is 2.29. The molecule has 0 aromatic carbocycles. The van der Waals surface area contributed by atoms with E-state index in [1.165, 1.54) is 71.5 Å². The van der Waals surface area contributed by atoms with Crippen LogP contribution in [0.1, 0.15) is 39.0 Å². The van der Waals surface area contributed by atoms with E-state index >= 15 is 0 Å². The van der Waals surface area contributed by atoms with Gasteiger partial charge in [-0.15, -0.1) is 0 Å². The van der Waals surface area contributed by atoms with E-state index in [2.05, 4.69) is 26.6 Å². The van der Waals surface area contributed by atoms with Crippen molar-refractivity contribution in [3.05, 3.63) is 0 Å². The van der Waals surface area contributed by atoms with Crippen molar-refractivity contribution in [1.82, 2.24) is 19.6 Å². The first kappa shape index (κ1) is 18.2. The molecule has 3 fully saturated rings. The van der Waals surface area contributed by atoms with Gasteiger partial charge < -0.3 is 14.7 Å². The van der Waals surface area contributed by atoms with Crippen molar-refractivity contribution in [1.29, 1.82) is 0 Å². The van der Waals surface area contributed by atoms with Crippen LogP contribution in [-0.2, 0) is 4.79 Å². The number of rotatable bonds is 4. The lowest BCUT2D eigenvalue weighted by Gasteiger charge is -2.43. The summed E-state index contributed by atoms with van der Waals surface area (Å²) in [5, 5.41) is 0. The lowest BCUT2D eigenvalue weighted by molar-refractivity contribution is -0.132. The minimum atomic E-state index is 0.335. The van der Waals surface area contributed by atoms with Gasteiger partial charge in [0.1, 0.15) is 0 Å². The van der Waals surface area contributed by atoms with Gasteiger partial charge in [-0.25, -0.2) is 0 Å². The third-order valence-electron chi connectivity index (χ3n) is 6.40. The molecule has 3 saturated heterocycles. The van der Waals surface area contributed by atoms with Gasteiger partial charge in [-0.3, -0.25) is 9.69 Å². The highest BCUT2D eigenvalue weighted by molar-refractivity contribution is 5.75. The first-order valence-corrected chi connectivity index (χ1v) is 10.1. The third kappa shape index (κ3) is 4.70. The lowest BCUT2D eigenvalue weighted by atomic mass is 9.94. The molecule has 138 valence electrons. The Morgan fingerprint density at radius 3 is 2.08 bits per heavy atom. The standard InChI is InChI=1S/C19H36N4O/c1-3-19(24)23-10-4-17(5-11-23)16-21-8-6-18(7-9-21)22-14-12-20(2)13-15-22/h17-18H,3-16H2,1-2H3. The molecule has 3 aliphatic heterocycles.